The molecule has 5 rings (SSSR count). The van der Waals surface area contributed by atoms with Gasteiger partial charge < -0.3 is 20.7 Å². The molecule has 2 aromatic rings. The van der Waals surface area contributed by atoms with Gasteiger partial charge in [0.1, 0.15) is 17.9 Å². The van der Waals surface area contributed by atoms with Gasteiger partial charge in [0.25, 0.3) is 5.91 Å². The molecule has 0 bridgehead atoms. The molecule has 0 aromatic heterocycles. The smallest absolute Gasteiger partial charge is 0.418 e. The molecule has 236 valence electrons. The van der Waals surface area contributed by atoms with Gasteiger partial charge >= 0.3 is 12.3 Å². The van der Waals surface area contributed by atoms with E-state index >= 15 is 0 Å². The topological polar surface area (TPSA) is 122 Å². The van der Waals surface area contributed by atoms with E-state index in [0.29, 0.717) is 33.0 Å². The number of benzene rings is 2. The Morgan fingerprint density at radius 1 is 1.11 bits per heavy atom. The van der Waals surface area contributed by atoms with Crippen molar-refractivity contribution in [3.05, 3.63) is 65.0 Å². The highest BCUT2D eigenvalue weighted by Crippen LogP contribution is 2.47. The Morgan fingerprint density at radius 2 is 1.77 bits per heavy atom. The lowest BCUT2D eigenvalue weighted by molar-refractivity contribution is -0.197. The number of imide groups is 1. The van der Waals surface area contributed by atoms with Crippen LogP contribution < -0.4 is 11.1 Å². The molecular formula is C31H34F4N4O5. The molecule has 44 heavy (non-hydrogen) atoms. The third-order valence-electron chi connectivity index (χ3n) is 8.63. The van der Waals surface area contributed by atoms with Crippen molar-refractivity contribution in [2.75, 3.05) is 5.32 Å². The maximum Gasteiger partial charge on any atom is 0.418 e. The van der Waals surface area contributed by atoms with Crippen molar-refractivity contribution in [3.8, 4) is 0 Å². The number of rotatable bonds is 9. The van der Waals surface area contributed by atoms with E-state index in [1.54, 1.807) is 18.2 Å². The Bertz CT molecular complexity index is 1480. The summed E-state index contributed by atoms with van der Waals surface area (Å²) in [6.45, 7) is 4.33. The number of aryl methyl sites for hydroxylation is 1. The Hall–Kier alpha value is -4.00. The van der Waals surface area contributed by atoms with Crippen molar-refractivity contribution in [2.45, 2.75) is 82.9 Å². The van der Waals surface area contributed by atoms with E-state index < -0.39 is 66.1 Å². The maximum absolute atomic E-state index is 14.3. The molecule has 4 amide bonds. The van der Waals surface area contributed by atoms with Gasteiger partial charge in [0.05, 0.1) is 6.04 Å². The number of anilines is 1. The molecule has 3 aliphatic rings. The summed E-state index contributed by atoms with van der Waals surface area (Å²) in [6.07, 6.45) is -5.02. The Kier molecular flexibility index (Phi) is 8.21. The van der Waals surface area contributed by atoms with Gasteiger partial charge in [-0.3, -0.25) is 14.4 Å². The minimum absolute atomic E-state index is 0.0553. The molecule has 0 radical (unpaired) electrons. The summed E-state index contributed by atoms with van der Waals surface area (Å²) >= 11 is 0. The van der Waals surface area contributed by atoms with Crippen LogP contribution in [0.4, 0.5) is 28.0 Å². The molecule has 3 N–H and O–H groups in total. The molecule has 1 heterocycles. The van der Waals surface area contributed by atoms with Gasteiger partial charge in [0, 0.05) is 24.2 Å². The van der Waals surface area contributed by atoms with Gasteiger partial charge in [-0.25, -0.2) is 14.1 Å². The molecule has 2 fully saturated rings. The normalized spacial score (nSPS) is 21.7. The first kappa shape index (κ1) is 31.4. The molecule has 1 saturated carbocycles. The van der Waals surface area contributed by atoms with Gasteiger partial charge in [-0.05, 0) is 73.4 Å². The first-order valence-corrected chi connectivity index (χ1v) is 14.5. The zero-order valence-electron chi connectivity index (χ0n) is 24.5. The van der Waals surface area contributed by atoms with E-state index in [0.717, 1.165) is 12.1 Å². The third-order valence-corrected chi connectivity index (χ3v) is 8.63. The van der Waals surface area contributed by atoms with Gasteiger partial charge in [-0.1, -0.05) is 32.0 Å². The first-order chi connectivity index (χ1) is 20.6. The highest BCUT2D eigenvalue weighted by atomic mass is 19.4. The first-order valence-electron chi connectivity index (χ1n) is 14.5. The van der Waals surface area contributed by atoms with E-state index in [-0.39, 0.29) is 36.7 Å². The van der Waals surface area contributed by atoms with Crippen LogP contribution in [-0.4, -0.2) is 57.9 Å². The minimum atomic E-state index is -4.77. The maximum atomic E-state index is 14.3. The van der Waals surface area contributed by atoms with Crippen LogP contribution >= 0.6 is 0 Å². The van der Waals surface area contributed by atoms with E-state index in [1.165, 1.54) is 19.1 Å². The molecule has 1 aliphatic heterocycles. The van der Waals surface area contributed by atoms with Crippen molar-refractivity contribution < 1.29 is 41.5 Å². The van der Waals surface area contributed by atoms with Crippen molar-refractivity contribution in [2.24, 2.45) is 17.6 Å². The van der Waals surface area contributed by atoms with Gasteiger partial charge in [0.15, 0.2) is 0 Å². The molecule has 2 aromatic carbocycles. The van der Waals surface area contributed by atoms with E-state index in [1.807, 2.05) is 13.8 Å². The molecule has 2 unspecified atom stereocenters. The lowest BCUT2D eigenvalue weighted by Crippen LogP contribution is -2.56. The SMILES string of the molecule is CC(C)[C@H](N)C(=O)Nc1ccc2c(c1)CCC21OC(=O)N(C(C)C(=O)N(Cc2ccc(F)cc2)[C@H](C2CC2)C(F)(F)F)C1=O. The number of hydrogen-bond acceptors (Lipinski definition) is 6. The number of carbonyl (C=O) groups is 4. The average molecular weight is 619 g/mol. The predicted octanol–water partition coefficient (Wildman–Crippen LogP) is 4.63. The molecule has 9 nitrogen and oxygen atoms in total. The molecule has 2 aliphatic carbocycles. The quantitative estimate of drug-likeness (QED) is 0.396. The number of fused-ring (bicyclic) bond motifs is 2. The van der Waals surface area contributed by atoms with E-state index in [9.17, 15) is 36.7 Å². The molecular weight excluding hydrogens is 584 g/mol. The molecule has 1 saturated heterocycles. The van der Waals surface area contributed by atoms with Crippen LogP contribution in [0.3, 0.4) is 0 Å². The summed E-state index contributed by atoms with van der Waals surface area (Å²) < 4.78 is 62.1. The van der Waals surface area contributed by atoms with E-state index in [4.69, 9.17) is 10.5 Å². The third kappa shape index (κ3) is 5.76. The second kappa shape index (κ2) is 11.5. The Labute approximate surface area is 251 Å². The number of alkyl halides is 3. The Morgan fingerprint density at radius 3 is 2.36 bits per heavy atom. The fourth-order valence-electron chi connectivity index (χ4n) is 5.99. The largest absolute Gasteiger partial charge is 0.427 e. The second-order valence-electron chi connectivity index (χ2n) is 12.1. The Balaban J connectivity index is 1.41. The number of nitrogens with two attached hydrogens (primary N) is 1. The fraction of sp³-hybridized carbons (Fsp3) is 0.484. The van der Waals surface area contributed by atoms with Crippen LogP contribution in [0.25, 0.3) is 0 Å². The van der Waals surface area contributed by atoms with Crippen molar-refractivity contribution in [1.82, 2.24) is 9.80 Å². The van der Waals surface area contributed by atoms with Gasteiger partial charge in [-0.2, -0.15) is 13.2 Å². The molecule has 1 spiro atoms. The van der Waals surface area contributed by atoms with Crippen molar-refractivity contribution >= 4 is 29.5 Å². The molecule has 4 atom stereocenters. The lowest BCUT2D eigenvalue weighted by atomic mass is 9.94. The van der Waals surface area contributed by atoms with Gasteiger partial charge in [0.2, 0.25) is 17.4 Å². The van der Waals surface area contributed by atoms with Crippen LogP contribution in [0.15, 0.2) is 42.5 Å². The lowest BCUT2D eigenvalue weighted by Gasteiger charge is -2.36. The van der Waals surface area contributed by atoms with Gasteiger partial charge in [-0.15, -0.1) is 0 Å². The number of nitrogens with zero attached hydrogens (tertiary/aromatic N) is 2. The number of ether oxygens (including phenoxy) is 1. The highest BCUT2D eigenvalue weighted by Gasteiger charge is 2.61. The zero-order chi connectivity index (χ0) is 32.1. The summed E-state index contributed by atoms with van der Waals surface area (Å²) in [5.41, 5.74) is 5.87. The number of carbonyl (C=O) groups excluding carboxylic acids is 4. The minimum Gasteiger partial charge on any atom is -0.427 e. The van der Waals surface area contributed by atoms with Crippen molar-refractivity contribution in [1.29, 1.82) is 0 Å². The fourth-order valence-corrected chi connectivity index (χ4v) is 5.99. The van der Waals surface area contributed by atoms with Crippen LogP contribution in [0.1, 0.15) is 56.7 Å². The number of hydrogen-bond donors (Lipinski definition) is 2. The van der Waals surface area contributed by atoms with Crippen LogP contribution in [0, 0.1) is 17.7 Å². The highest BCUT2D eigenvalue weighted by molar-refractivity contribution is 6.07. The number of amides is 4. The molecule has 13 heteroatoms. The van der Waals surface area contributed by atoms with Crippen LogP contribution in [-0.2, 0) is 37.7 Å². The summed E-state index contributed by atoms with van der Waals surface area (Å²) in [4.78, 5) is 54.5. The second-order valence-corrected chi connectivity index (χ2v) is 12.1. The van der Waals surface area contributed by atoms with Crippen LogP contribution in [0.5, 0.6) is 0 Å². The standard InChI is InChI=1S/C31H34F4N4O5/c1-16(2)24(36)26(40)37-22-10-11-23-20(14-22)12-13-30(23)28(42)39(29(43)44-30)17(3)27(41)38(15-18-4-8-21(32)9-5-18)25(19-6-7-19)31(33,34)35/h4-5,8-11,14,16-17,19,24-25H,6-7,12-13,15,36H2,1-3H3,(H,37,40)/t17?,24-,25+,30?/m0/s1. The van der Waals surface area contributed by atoms with Crippen LogP contribution in [0.2, 0.25) is 0 Å². The van der Waals surface area contributed by atoms with Crippen molar-refractivity contribution in [3.63, 3.8) is 0 Å². The number of halogens is 4. The predicted molar refractivity (Wildman–Crippen MR) is 150 cm³/mol. The average Bonchev–Trinajstić information content (AvgIpc) is 3.67. The summed E-state index contributed by atoms with van der Waals surface area (Å²) in [5.74, 6) is -3.83. The van der Waals surface area contributed by atoms with E-state index in [2.05, 4.69) is 5.32 Å². The number of nitrogens with one attached hydrogen (secondary N) is 1. The summed E-state index contributed by atoms with van der Waals surface area (Å²) in [7, 11) is 0. The summed E-state index contributed by atoms with van der Waals surface area (Å²) in [6, 6.07) is 4.99. The summed E-state index contributed by atoms with van der Waals surface area (Å²) in [5, 5.41) is 2.74. The zero-order valence-corrected chi connectivity index (χ0v) is 24.5. The monoisotopic (exact) mass is 618 g/mol.